The lowest BCUT2D eigenvalue weighted by atomic mass is 9.90. The lowest BCUT2D eigenvalue weighted by molar-refractivity contribution is -0.137. The lowest BCUT2D eigenvalue weighted by Gasteiger charge is -2.22. The van der Waals surface area contributed by atoms with Crippen molar-refractivity contribution in [2.24, 2.45) is 0 Å². The molecule has 2 unspecified atom stereocenters. The summed E-state index contributed by atoms with van der Waals surface area (Å²) >= 11 is 0. The molecule has 1 N–H and O–H groups in total. The van der Waals surface area contributed by atoms with Crippen LogP contribution >= 0.6 is 0 Å². The van der Waals surface area contributed by atoms with Crippen molar-refractivity contribution in [1.29, 1.82) is 0 Å². The maximum absolute atomic E-state index is 10.6. The molecule has 1 aliphatic carbocycles. The Balaban J connectivity index is 1.55. The molecule has 1 fully saturated rings. The molecule has 2 aromatic carbocycles. The zero-order valence-electron chi connectivity index (χ0n) is 16.9. The van der Waals surface area contributed by atoms with Crippen LogP contribution in [0.2, 0.25) is 0 Å². The molecule has 0 saturated heterocycles. The number of hydrogen-bond acceptors (Lipinski definition) is 2. The van der Waals surface area contributed by atoms with Gasteiger partial charge in [0.15, 0.2) is 0 Å². The maximum Gasteiger partial charge on any atom is 0.303 e. The summed E-state index contributed by atoms with van der Waals surface area (Å²) in [4.78, 5) is 10.6. The fourth-order valence-corrected chi connectivity index (χ4v) is 4.10. The summed E-state index contributed by atoms with van der Waals surface area (Å²) in [6.45, 7) is 2.10. The number of aliphatic carboxylic acids is 1. The molecule has 3 heteroatoms. The van der Waals surface area contributed by atoms with Gasteiger partial charge in [-0.05, 0) is 81.0 Å². The molecule has 28 heavy (non-hydrogen) atoms. The van der Waals surface area contributed by atoms with E-state index >= 15 is 0 Å². The van der Waals surface area contributed by atoms with Gasteiger partial charge in [0.25, 0.3) is 0 Å². The van der Waals surface area contributed by atoms with E-state index in [9.17, 15) is 4.79 Å². The van der Waals surface area contributed by atoms with Gasteiger partial charge in [-0.1, -0.05) is 48.4 Å². The molecule has 2 aromatic rings. The van der Waals surface area contributed by atoms with Crippen molar-refractivity contribution in [2.45, 2.75) is 76.7 Å². The van der Waals surface area contributed by atoms with Gasteiger partial charge in [0.2, 0.25) is 0 Å². The molecule has 0 radical (unpaired) electrons. The van der Waals surface area contributed by atoms with E-state index < -0.39 is 5.97 Å². The van der Waals surface area contributed by atoms with Crippen molar-refractivity contribution in [3.63, 3.8) is 0 Å². The van der Waals surface area contributed by atoms with E-state index in [2.05, 4.69) is 55.5 Å². The number of carbonyl (C=O) groups is 1. The summed E-state index contributed by atoms with van der Waals surface area (Å²) in [5.74, 6) is 0.832. The number of rotatable bonds is 8. The number of aryl methyl sites for hydroxylation is 2. The smallest absolute Gasteiger partial charge is 0.303 e. The van der Waals surface area contributed by atoms with Gasteiger partial charge >= 0.3 is 5.97 Å². The molecule has 1 aliphatic rings. The Kier molecular flexibility index (Phi) is 7.53. The van der Waals surface area contributed by atoms with E-state index in [1.807, 2.05) is 0 Å². The molecule has 1 saturated carbocycles. The Morgan fingerprint density at radius 1 is 1.00 bits per heavy atom. The SMILES string of the molecule is Cc1ccc(OC2CCCCC(c3ccc(CCCCC(=O)O)cc3)C2)cc1. The van der Waals surface area contributed by atoms with Crippen LogP contribution in [0.15, 0.2) is 48.5 Å². The largest absolute Gasteiger partial charge is 0.490 e. The van der Waals surface area contributed by atoms with Gasteiger partial charge < -0.3 is 9.84 Å². The molecular formula is C25H32O3. The fourth-order valence-electron chi connectivity index (χ4n) is 4.10. The Morgan fingerprint density at radius 2 is 1.71 bits per heavy atom. The Bertz CT molecular complexity index is 733. The zero-order chi connectivity index (χ0) is 19.8. The lowest BCUT2D eigenvalue weighted by Crippen LogP contribution is -2.18. The van der Waals surface area contributed by atoms with Crippen LogP contribution in [0.4, 0.5) is 0 Å². The first-order valence-corrected chi connectivity index (χ1v) is 10.6. The first-order valence-electron chi connectivity index (χ1n) is 10.6. The van der Waals surface area contributed by atoms with Crippen LogP contribution in [0.1, 0.15) is 74.0 Å². The monoisotopic (exact) mass is 380 g/mol. The van der Waals surface area contributed by atoms with Crippen molar-refractivity contribution < 1.29 is 14.6 Å². The first kappa shape index (κ1) is 20.4. The normalized spacial score (nSPS) is 19.8. The second-order valence-corrected chi connectivity index (χ2v) is 8.11. The van der Waals surface area contributed by atoms with Gasteiger partial charge in [0, 0.05) is 6.42 Å². The first-order chi connectivity index (χ1) is 13.6. The number of hydrogen-bond donors (Lipinski definition) is 1. The molecule has 0 heterocycles. The third-order valence-corrected chi connectivity index (χ3v) is 5.76. The minimum Gasteiger partial charge on any atom is -0.490 e. The van der Waals surface area contributed by atoms with E-state index in [1.165, 1.54) is 36.0 Å². The van der Waals surface area contributed by atoms with Gasteiger partial charge in [0.05, 0.1) is 6.10 Å². The summed E-state index contributed by atoms with van der Waals surface area (Å²) in [5, 5.41) is 8.73. The van der Waals surface area contributed by atoms with Gasteiger partial charge in [-0.3, -0.25) is 4.79 Å². The summed E-state index contributed by atoms with van der Waals surface area (Å²) < 4.78 is 6.30. The molecule has 0 aliphatic heterocycles. The Morgan fingerprint density at radius 3 is 2.43 bits per heavy atom. The van der Waals surface area contributed by atoms with Crippen LogP contribution in [0.5, 0.6) is 5.75 Å². The molecule has 2 atom stereocenters. The zero-order valence-corrected chi connectivity index (χ0v) is 16.9. The van der Waals surface area contributed by atoms with Gasteiger partial charge in [-0.25, -0.2) is 0 Å². The molecule has 0 spiro atoms. The summed E-state index contributed by atoms with van der Waals surface area (Å²) in [6, 6.07) is 17.4. The average Bonchev–Trinajstić information content (AvgIpc) is 2.93. The maximum atomic E-state index is 10.6. The van der Waals surface area contributed by atoms with Crippen LogP contribution in [0.3, 0.4) is 0 Å². The van der Waals surface area contributed by atoms with Gasteiger partial charge in [-0.15, -0.1) is 0 Å². The summed E-state index contributed by atoms with van der Waals surface area (Å²) in [5.41, 5.74) is 3.97. The fraction of sp³-hybridized carbons (Fsp3) is 0.480. The topological polar surface area (TPSA) is 46.5 Å². The molecule has 0 aromatic heterocycles. The number of carboxylic acids is 1. The van der Waals surface area contributed by atoms with E-state index in [0.29, 0.717) is 5.92 Å². The number of ether oxygens (including phenoxy) is 1. The molecule has 3 rings (SSSR count). The minimum atomic E-state index is -0.703. The Hall–Kier alpha value is -2.29. The van der Waals surface area contributed by atoms with E-state index in [0.717, 1.165) is 37.9 Å². The standard InChI is InChI=1S/C25H32O3/c1-19-10-16-23(17-11-19)28-24-8-4-3-7-22(18-24)21-14-12-20(13-15-21)6-2-5-9-25(26)27/h10-17,22,24H,2-9,18H2,1H3,(H,26,27). The highest BCUT2D eigenvalue weighted by atomic mass is 16.5. The summed E-state index contributed by atoms with van der Waals surface area (Å²) in [6.07, 6.45) is 9.11. The van der Waals surface area contributed by atoms with Crippen LogP contribution < -0.4 is 4.74 Å². The minimum absolute atomic E-state index is 0.266. The third-order valence-electron chi connectivity index (χ3n) is 5.76. The second-order valence-electron chi connectivity index (χ2n) is 8.11. The molecule has 0 bridgehead atoms. The van der Waals surface area contributed by atoms with Crippen molar-refractivity contribution in [2.75, 3.05) is 0 Å². The molecular weight excluding hydrogens is 348 g/mol. The number of unbranched alkanes of at least 4 members (excludes halogenated alkanes) is 1. The molecule has 150 valence electrons. The van der Waals surface area contributed by atoms with E-state index in [1.54, 1.807) is 0 Å². The number of benzene rings is 2. The molecule has 0 amide bonds. The highest BCUT2D eigenvalue weighted by molar-refractivity contribution is 5.66. The van der Waals surface area contributed by atoms with Gasteiger partial charge in [-0.2, -0.15) is 0 Å². The van der Waals surface area contributed by atoms with Crippen molar-refractivity contribution in [3.8, 4) is 5.75 Å². The quantitative estimate of drug-likeness (QED) is 0.432. The third kappa shape index (κ3) is 6.40. The van der Waals surface area contributed by atoms with Crippen molar-refractivity contribution in [1.82, 2.24) is 0 Å². The van der Waals surface area contributed by atoms with Crippen LogP contribution in [0.25, 0.3) is 0 Å². The summed E-state index contributed by atoms with van der Waals surface area (Å²) in [7, 11) is 0. The predicted octanol–water partition coefficient (Wildman–Crippen LogP) is 6.29. The number of carboxylic acid groups (broad SMARTS) is 1. The van der Waals surface area contributed by atoms with E-state index in [-0.39, 0.29) is 12.5 Å². The van der Waals surface area contributed by atoms with Crippen LogP contribution in [-0.2, 0) is 11.2 Å². The highest BCUT2D eigenvalue weighted by Crippen LogP contribution is 2.34. The van der Waals surface area contributed by atoms with Crippen molar-refractivity contribution >= 4 is 5.97 Å². The van der Waals surface area contributed by atoms with E-state index in [4.69, 9.17) is 9.84 Å². The van der Waals surface area contributed by atoms with Crippen LogP contribution in [0, 0.1) is 6.92 Å². The predicted molar refractivity (Wildman–Crippen MR) is 113 cm³/mol. The Labute approximate surface area is 168 Å². The van der Waals surface area contributed by atoms with Crippen molar-refractivity contribution in [3.05, 3.63) is 65.2 Å². The average molecular weight is 381 g/mol. The second kappa shape index (κ2) is 10.3. The molecule has 3 nitrogen and oxygen atoms in total. The highest BCUT2D eigenvalue weighted by Gasteiger charge is 2.23. The van der Waals surface area contributed by atoms with Crippen LogP contribution in [-0.4, -0.2) is 17.2 Å². The van der Waals surface area contributed by atoms with Gasteiger partial charge in [0.1, 0.15) is 5.75 Å².